The number of carbonyl (C=O) groups excluding carboxylic acids is 1. The average Bonchev–Trinajstić information content (AvgIpc) is 2.51. The second kappa shape index (κ2) is 5.66. The number of para-hydroxylation sites is 1. The highest BCUT2D eigenvalue weighted by molar-refractivity contribution is 6.34. The number of rotatable bonds is 2. The van der Waals surface area contributed by atoms with Crippen molar-refractivity contribution in [3.63, 3.8) is 0 Å². The minimum absolute atomic E-state index is 0.139. The molecule has 1 heterocycles. The van der Waals surface area contributed by atoms with E-state index >= 15 is 0 Å². The summed E-state index contributed by atoms with van der Waals surface area (Å²) in [6.07, 6.45) is 1.57. The van der Waals surface area contributed by atoms with Crippen LogP contribution in [0.25, 0.3) is 10.9 Å². The lowest BCUT2D eigenvalue weighted by atomic mass is 10.1. The zero-order chi connectivity index (χ0) is 15.7. The smallest absolute Gasteiger partial charge is 0.259 e. The molecule has 22 heavy (non-hydrogen) atoms. The summed E-state index contributed by atoms with van der Waals surface area (Å²) in [6, 6.07) is 12.3. The topological polar surface area (TPSA) is 62.2 Å². The van der Waals surface area contributed by atoms with Crippen LogP contribution in [-0.2, 0) is 0 Å². The molecule has 1 amide bonds. The van der Waals surface area contributed by atoms with Gasteiger partial charge >= 0.3 is 0 Å². The van der Waals surface area contributed by atoms with Gasteiger partial charge in [-0.3, -0.25) is 9.78 Å². The lowest BCUT2D eigenvalue weighted by Crippen LogP contribution is -2.13. The van der Waals surface area contributed by atoms with E-state index in [-0.39, 0.29) is 11.3 Å². The number of aryl methyl sites for hydroxylation is 1. The number of aromatic hydroxyl groups is 1. The maximum absolute atomic E-state index is 12.4. The molecule has 5 heteroatoms. The number of pyridine rings is 1. The maximum atomic E-state index is 12.4. The second-order valence-corrected chi connectivity index (χ2v) is 5.33. The van der Waals surface area contributed by atoms with E-state index in [1.165, 1.54) is 0 Å². The summed E-state index contributed by atoms with van der Waals surface area (Å²) in [6.45, 7) is 1.85. The summed E-state index contributed by atoms with van der Waals surface area (Å²) in [4.78, 5) is 16.5. The van der Waals surface area contributed by atoms with E-state index in [2.05, 4.69) is 10.3 Å². The van der Waals surface area contributed by atoms with Crippen molar-refractivity contribution in [3.8, 4) is 5.75 Å². The summed E-state index contributed by atoms with van der Waals surface area (Å²) in [5.41, 5.74) is 1.94. The van der Waals surface area contributed by atoms with E-state index in [0.717, 1.165) is 10.9 Å². The van der Waals surface area contributed by atoms with Crippen molar-refractivity contribution in [2.75, 3.05) is 5.32 Å². The Hall–Kier alpha value is -2.59. The van der Waals surface area contributed by atoms with Gasteiger partial charge in [0, 0.05) is 11.6 Å². The average molecular weight is 313 g/mol. The molecule has 0 unspecified atom stereocenters. The van der Waals surface area contributed by atoms with Crippen LogP contribution in [0.2, 0.25) is 5.02 Å². The number of benzene rings is 2. The number of anilines is 1. The van der Waals surface area contributed by atoms with Crippen LogP contribution in [0.15, 0.2) is 48.7 Å². The molecule has 3 rings (SSSR count). The number of fused-ring (bicyclic) bond motifs is 1. The van der Waals surface area contributed by atoms with E-state index < -0.39 is 5.91 Å². The van der Waals surface area contributed by atoms with Gasteiger partial charge in [0.25, 0.3) is 5.91 Å². The molecule has 0 bridgehead atoms. The van der Waals surface area contributed by atoms with Gasteiger partial charge in [0.15, 0.2) is 5.75 Å². The van der Waals surface area contributed by atoms with Crippen LogP contribution >= 0.6 is 11.6 Å². The summed E-state index contributed by atoms with van der Waals surface area (Å²) in [5, 5.41) is 14.2. The number of phenols is 1. The van der Waals surface area contributed by atoms with E-state index in [1.54, 1.807) is 30.5 Å². The fourth-order valence-electron chi connectivity index (χ4n) is 2.28. The van der Waals surface area contributed by atoms with Gasteiger partial charge in [-0.2, -0.15) is 0 Å². The third-order valence-corrected chi connectivity index (χ3v) is 3.77. The van der Waals surface area contributed by atoms with E-state index in [0.29, 0.717) is 16.2 Å². The highest BCUT2D eigenvalue weighted by atomic mass is 35.5. The zero-order valence-corrected chi connectivity index (χ0v) is 12.6. The number of nitrogens with one attached hydrogen (secondary N) is 1. The molecule has 0 aliphatic rings. The first-order valence-electron chi connectivity index (χ1n) is 6.71. The zero-order valence-electron chi connectivity index (χ0n) is 11.8. The van der Waals surface area contributed by atoms with Gasteiger partial charge in [-0.25, -0.2) is 0 Å². The first-order valence-corrected chi connectivity index (χ1v) is 7.09. The van der Waals surface area contributed by atoms with Crippen LogP contribution in [0.3, 0.4) is 0 Å². The van der Waals surface area contributed by atoms with Crippen molar-refractivity contribution in [3.05, 3.63) is 64.8 Å². The number of phenolic OH excluding ortho intramolecular Hbond substituents is 1. The van der Waals surface area contributed by atoms with Crippen molar-refractivity contribution in [1.29, 1.82) is 0 Å². The van der Waals surface area contributed by atoms with Gasteiger partial charge < -0.3 is 10.4 Å². The molecule has 0 spiro atoms. The van der Waals surface area contributed by atoms with Gasteiger partial charge in [-0.15, -0.1) is 0 Å². The Morgan fingerprint density at radius 2 is 2.00 bits per heavy atom. The quantitative estimate of drug-likeness (QED) is 0.747. The Bertz CT molecular complexity index is 857. The van der Waals surface area contributed by atoms with Crippen molar-refractivity contribution < 1.29 is 9.90 Å². The molecule has 0 fully saturated rings. The third-order valence-electron chi connectivity index (χ3n) is 3.45. The third kappa shape index (κ3) is 2.49. The van der Waals surface area contributed by atoms with E-state index in [4.69, 9.17) is 11.6 Å². The molecule has 0 aliphatic heterocycles. The van der Waals surface area contributed by atoms with Gasteiger partial charge in [-0.1, -0.05) is 35.9 Å². The first kappa shape index (κ1) is 14.4. The fourth-order valence-corrected chi connectivity index (χ4v) is 2.55. The summed E-state index contributed by atoms with van der Waals surface area (Å²) < 4.78 is 0. The number of hydrogen-bond acceptors (Lipinski definition) is 3. The summed E-state index contributed by atoms with van der Waals surface area (Å²) >= 11 is 6.11. The number of aromatic nitrogens is 1. The lowest BCUT2D eigenvalue weighted by molar-refractivity contribution is 0.102. The van der Waals surface area contributed by atoms with Crippen LogP contribution in [0.1, 0.15) is 15.9 Å². The Labute approximate surface area is 132 Å². The van der Waals surface area contributed by atoms with Gasteiger partial charge in [0.05, 0.1) is 16.3 Å². The van der Waals surface area contributed by atoms with Crippen LogP contribution < -0.4 is 5.32 Å². The second-order valence-electron chi connectivity index (χ2n) is 4.92. The van der Waals surface area contributed by atoms with Gasteiger partial charge in [0.2, 0.25) is 0 Å². The fraction of sp³-hybridized carbons (Fsp3) is 0.0588. The molecular weight excluding hydrogens is 300 g/mol. The minimum Gasteiger partial charge on any atom is -0.505 e. The van der Waals surface area contributed by atoms with Crippen molar-refractivity contribution in [2.24, 2.45) is 0 Å². The molecule has 110 valence electrons. The van der Waals surface area contributed by atoms with E-state index in [9.17, 15) is 9.90 Å². The predicted molar refractivity (Wildman–Crippen MR) is 87.6 cm³/mol. The summed E-state index contributed by atoms with van der Waals surface area (Å²) in [7, 11) is 0. The molecule has 0 saturated heterocycles. The maximum Gasteiger partial charge on any atom is 0.259 e. The molecule has 0 atom stereocenters. The number of amides is 1. The SMILES string of the molecule is Cc1cccc(Cl)c1NC(=O)c1ccc2cccnc2c1O. The Balaban J connectivity index is 2.01. The molecule has 4 nitrogen and oxygen atoms in total. The Morgan fingerprint density at radius 1 is 1.18 bits per heavy atom. The van der Waals surface area contributed by atoms with Crippen LogP contribution in [0.5, 0.6) is 5.75 Å². The molecule has 2 aromatic carbocycles. The van der Waals surface area contributed by atoms with Gasteiger partial charge in [0.1, 0.15) is 5.52 Å². The van der Waals surface area contributed by atoms with Crippen molar-refractivity contribution in [2.45, 2.75) is 6.92 Å². The summed E-state index contributed by atoms with van der Waals surface area (Å²) in [5.74, 6) is -0.568. The molecule has 2 N–H and O–H groups in total. The standard InChI is InChI=1S/C17H13ClN2O2/c1-10-4-2-6-13(18)14(10)20-17(22)12-8-7-11-5-3-9-19-15(11)16(12)21/h2-9,21H,1H3,(H,20,22). The Morgan fingerprint density at radius 3 is 2.77 bits per heavy atom. The molecule has 0 radical (unpaired) electrons. The lowest BCUT2D eigenvalue weighted by Gasteiger charge is -2.11. The molecule has 0 aliphatic carbocycles. The number of nitrogens with zero attached hydrogens (tertiary/aromatic N) is 1. The molecular formula is C17H13ClN2O2. The van der Waals surface area contributed by atoms with E-state index in [1.807, 2.05) is 25.1 Å². The van der Waals surface area contributed by atoms with Crippen molar-refractivity contribution >= 4 is 34.1 Å². The van der Waals surface area contributed by atoms with Crippen LogP contribution in [0, 0.1) is 6.92 Å². The van der Waals surface area contributed by atoms with Gasteiger partial charge in [-0.05, 0) is 30.7 Å². The highest BCUT2D eigenvalue weighted by Crippen LogP contribution is 2.30. The number of halogens is 1. The minimum atomic E-state index is -0.429. The molecule has 3 aromatic rings. The molecule has 0 saturated carbocycles. The predicted octanol–water partition coefficient (Wildman–Crippen LogP) is 4.15. The Kier molecular flexibility index (Phi) is 3.69. The first-order chi connectivity index (χ1) is 10.6. The largest absolute Gasteiger partial charge is 0.505 e. The van der Waals surface area contributed by atoms with Crippen molar-refractivity contribution in [1.82, 2.24) is 4.98 Å². The number of hydrogen-bond donors (Lipinski definition) is 2. The number of carbonyl (C=O) groups is 1. The van der Waals surface area contributed by atoms with Crippen LogP contribution in [0.4, 0.5) is 5.69 Å². The van der Waals surface area contributed by atoms with Crippen LogP contribution in [-0.4, -0.2) is 16.0 Å². The molecule has 1 aromatic heterocycles. The monoisotopic (exact) mass is 312 g/mol. The normalized spacial score (nSPS) is 10.6. The highest BCUT2D eigenvalue weighted by Gasteiger charge is 2.16.